The zero-order valence-corrected chi connectivity index (χ0v) is 13.6. The number of thioether (sulfide) groups is 1. The first kappa shape index (κ1) is 18.6. The van der Waals surface area contributed by atoms with Gasteiger partial charge in [0.15, 0.2) is 0 Å². The van der Waals surface area contributed by atoms with Gasteiger partial charge in [-0.3, -0.25) is 10.1 Å². The minimum Gasteiger partial charge on any atom is -0.305 e. The number of hydrogen-bond donors (Lipinski definition) is 2. The van der Waals surface area contributed by atoms with E-state index < -0.39 is 35.0 Å². The number of carbonyl (C=O) groups is 2. The highest BCUT2D eigenvalue weighted by Gasteiger charge is 2.19. The number of nitrogens with one attached hydrogen (secondary N) is 2. The SMILES string of the molecule is C=CCSc1ccc(NC(=O)NC(=O)c2c(F)cccc2F)c(F)c1. The van der Waals surface area contributed by atoms with Gasteiger partial charge in [-0.2, -0.15) is 0 Å². The second-order valence-corrected chi connectivity index (χ2v) is 5.84. The molecule has 0 atom stereocenters. The van der Waals surface area contributed by atoms with Gasteiger partial charge >= 0.3 is 6.03 Å². The minimum atomic E-state index is -1.27. The lowest BCUT2D eigenvalue weighted by Crippen LogP contribution is -2.35. The number of carbonyl (C=O) groups excluding carboxylic acids is 2. The molecular weight excluding hydrogens is 353 g/mol. The highest BCUT2D eigenvalue weighted by atomic mass is 32.2. The maximum atomic E-state index is 13.9. The number of benzene rings is 2. The second kappa shape index (κ2) is 8.39. The summed E-state index contributed by atoms with van der Waals surface area (Å²) in [6.07, 6.45) is 1.66. The van der Waals surface area contributed by atoms with E-state index in [9.17, 15) is 22.8 Å². The van der Waals surface area contributed by atoms with Crippen molar-refractivity contribution in [1.29, 1.82) is 0 Å². The fourth-order valence-corrected chi connectivity index (χ4v) is 2.54. The van der Waals surface area contributed by atoms with E-state index in [1.807, 2.05) is 0 Å². The Balaban J connectivity index is 2.05. The van der Waals surface area contributed by atoms with E-state index in [1.54, 1.807) is 17.5 Å². The van der Waals surface area contributed by atoms with Crippen LogP contribution in [0.5, 0.6) is 0 Å². The molecule has 0 aliphatic rings. The third kappa shape index (κ3) is 4.87. The molecule has 2 N–H and O–H groups in total. The van der Waals surface area contributed by atoms with E-state index in [2.05, 4.69) is 11.9 Å². The van der Waals surface area contributed by atoms with Gasteiger partial charge in [0.25, 0.3) is 5.91 Å². The summed E-state index contributed by atoms with van der Waals surface area (Å²) in [5.41, 5.74) is -1.07. The Hall–Kier alpha value is -2.74. The van der Waals surface area contributed by atoms with Crippen LogP contribution in [0, 0.1) is 17.5 Å². The van der Waals surface area contributed by atoms with E-state index in [4.69, 9.17) is 0 Å². The molecule has 3 amide bonds. The zero-order valence-electron chi connectivity index (χ0n) is 12.8. The molecule has 0 saturated heterocycles. The molecule has 0 aliphatic heterocycles. The maximum Gasteiger partial charge on any atom is 0.326 e. The van der Waals surface area contributed by atoms with Crippen molar-refractivity contribution in [3.05, 3.63) is 72.1 Å². The van der Waals surface area contributed by atoms with Crippen LogP contribution in [0.1, 0.15) is 10.4 Å². The molecule has 0 heterocycles. The highest BCUT2D eigenvalue weighted by Crippen LogP contribution is 2.23. The Labute approximate surface area is 146 Å². The number of amides is 3. The molecule has 4 nitrogen and oxygen atoms in total. The van der Waals surface area contributed by atoms with Crippen molar-refractivity contribution in [3.8, 4) is 0 Å². The Morgan fingerprint density at radius 3 is 2.36 bits per heavy atom. The van der Waals surface area contributed by atoms with Crippen LogP contribution in [0.25, 0.3) is 0 Å². The van der Waals surface area contributed by atoms with E-state index >= 15 is 0 Å². The predicted octanol–water partition coefficient (Wildman–Crippen LogP) is 4.34. The van der Waals surface area contributed by atoms with E-state index in [0.717, 1.165) is 18.2 Å². The highest BCUT2D eigenvalue weighted by molar-refractivity contribution is 7.99. The van der Waals surface area contributed by atoms with E-state index in [-0.39, 0.29) is 5.69 Å². The smallest absolute Gasteiger partial charge is 0.305 e. The number of imide groups is 1. The molecule has 2 rings (SSSR count). The quantitative estimate of drug-likeness (QED) is 0.611. The first-order valence-electron chi connectivity index (χ1n) is 7.02. The van der Waals surface area contributed by atoms with Gasteiger partial charge in [-0.15, -0.1) is 18.3 Å². The largest absolute Gasteiger partial charge is 0.326 e. The monoisotopic (exact) mass is 366 g/mol. The summed E-state index contributed by atoms with van der Waals surface area (Å²) in [6, 6.07) is 5.84. The number of rotatable bonds is 5. The topological polar surface area (TPSA) is 58.2 Å². The summed E-state index contributed by atoms with van der Waals surface area (Å²) in [4.78, 5) is 24.2. The molecular formula is C17H13F3N2O2S. The zero-order chi connectivity index (χ0) is 18.4. The van der Waals surface area contributed by atoms with Gasteiger partial charge in [0.05, 0.1) is 5.69 Å². The molecule has 0 spiro atoms. The Kier molecular flexibility index (Phi) is 6.24. The van der Waals surface area contributed by atoms with Gasteiger partial charge in [-0.25, -0.2) is 18.0 Å². The molecule has 0 aromatic heterocycles. The first-order chi connectivity index (χ1) is 11.9. The van der Waals surface area contributed by atoms with Crippen LogP contribution in [0.3, 0.4) is 0 Å². The van der Waals surface area contributed by atoms with Crippen LogP contribution in [-0.2, 0) is 0 Å². The number of urea groups is 1. The van der Waals surface area contributed by atoms with Gasteiger partial charge in [0, 0.05) is 10.6 Å². The molecule has 0 fully saturated rings. The van der Waals surface area contributed by atoms with Crippen molar-refractivity contribution < 1.29 is 22.8 Å². The number of anilines is 1. The summed E-state index contributed by atoms with van der Waals surface area (Å²) in [5.74, 6) is -3.62. The Bertz CT molecular complexity index is 807. The summed E-state index contributed by atoms with van der Waals surface area (Å²) >= 11 is 1.35. The lowest BCUT2D eigenvalue weighted by atomic mass is 10.2. The van der Waals surface area contributed by atoms with Crippen LogP contribution in [0.15, 0.2) is 53.9 Å². The van der Waals surface area contributed by atoms with Crippen molar-refractivity contribution in [2.75, 3.05) is 11.1 Å². The molecule has 0 saturated carbocycles. The van der Waals surface area contributed by atoms with Crippen LogP contribution in [0.2, 0.25) is 0 Å². The third-order valence-electron chi connectivity index (χ3n) is 2.97. The summed E-state index contributed by atoms with van der Waals surface area (Å²) in [6.45, 7) is 3.55. The molecule has 0 unspecified atom stereocenters. The molecule has 0 radical (unpaired) electrons. The Morgan fingerprint density at radius 2 is 1.76 bits per heavy atom. The van der Waals surface area contributed by atoms with Crippen molar-refractivity contribution in [1.82, 2.24) is 5.32 Å². The van der Waals surface area contributed by atoms with Gasteiger partial charge in [-0.1, -0.05) is 12.1 Å². The standard InChI is InChI=1S/C17H13F3N2O2S/c1-2-8-25-10-6-7-14(13(20)9-10)21-17(24)22-16(23)15-11(18)4-3-5-12(15)19/h2-7,9H,1,8H2,(H2,21,22,23,24). The fraction of sp³-hybridized carbons (Fsp3) is 0.0588. The van der Waals surface area contributed by atoms with Crippen molar-refractivity contribution in [2.45, 2.75) is 4.90 Å². The average Bonchev–Trinajstić information content (AvgIpc) is 2.55. The van der Waals surface area contributed by atoms with Crippen LogP contribution < -0.4 is 10.6 Å². The number of hydrogen-bond acceptors (Lipinski definition) is 3. The Morgan fingerprint density at radius 1 is 1.08 bits per heavy atom. The van der Waals surface area contributed by atoms with Gasteiger partial charge in [-0.05, 0) is 30.3 Å². The minimum absolute atomic E-state index is 0.178. The van der Waals surface area contributed by atoms with Gasteiger partial charge in [0.1, 0.15) is 23.0 Å². The molecule has 0 bridgehead atoms. The summed E-state index contributed by atoms with van der Waals surface area (Å²) in [5, 5.41) is 3.86. The summed E-state index contributed by atoms with van der Waals surface area (Å²) < 4.78 is 40.9. The first-order valence-corrected chi connectivity index (χ1v) is 8.00. The van der Waals surface area contributed by atoms with Crippen molar-refractivity contribution in [3.63, 3.8) is 0 Å². The van der Waals surface area contributed by atoms with Crippen LogP contribution in [-0.4, -0.2) is 17.7 Å². The van der Waals surface area contributed by atoms with E-state index in [0.29, 0.717) is 10.6 Å². The molecule has 2 aromatic carbocycles. The average molecular weight is 366 g/mol. The summed E-state index contributed by atoms with van der Waals surface area (Å²) in [7, 11) is 0. The van der Waals surface area contributed by atoms with Crippen molar-refractivity contribution >= 4 is 29.4 Å². The lowest BCUT2D eigenvalue weighted by Gasteiger charge is -2.09. The lowest BCUT2D eigenvalue weighted by molar-refractivity contribution is 0.0959. The van der Waals surface area contributed by atoms with Gasteiger partial charge < -0.3 is 5.32 Å². The van der Waals surface area contributed by atoms with Crippen molar-refractivity contribution in [2.24, 2.45) is 0 Å². The number of halogens is 3. The van der Waals surface area contributed by atoms with Gasteiger partial charge in [0.2, 0.25) is 0 Å². The maximum absolute atomic E-state index is 13.9. The van der Waals surface area contributed by atoms with Crippen LogP contribution >= 0.6 is 11.8 Å². The molecule has 0 aliphatic carbocycles. The molecule has 25 heavy (non-hydrogen) atoms. The normalized spacial score (nSPS) is 10.2. The fourth-order valence-electron chi connectivity index (χ4n) is 1.88. The second-order valence-electron chi connectivity index (χ2n) is 4.75. The van der Waals surface area contributed by atoms with Crippen LogP contribution in [0.4, 0.5) is 23.7 Å². The molecule has 8 heteroatoms. The molecule has 2 aromatic rings. The predicted molar refractivity (Wildman–Crippen MR) is 90.2 cm³/mol. The van der Waals surface area contributed by atoms with E-state index in [1.165, 1.54) is 23.9 Å². The third-order valence-corrected chi connectivity index (χ3v) is 3.96. The molecule has 130 valence electrons.